The fourth-order valence-electron chi connectivity index (χ4n) is 0.732. The van der Waals surface area contributed by atoms with Crippen molar-refractivity contribution in [2.75, 3.05) is 0 Å². The smallest absolute Gasteiger partial charge is 0.181 e. The fraction of sp³-hybridized carbons (Fsp3) is 0. The number of hydrogen-bond donors (Lipinski definition) is 3. The van der Waals surface area contributed by atoms with Crippen LogP contribution in [0.4, 0.5) is 5.69 Å². The van der Waals surface area contributed by atoms with Crippen LogP contribution in [0.15, 0.2) is 30.3 Å². The number of nitrogens with two attached hydrogens (primary N) is 1. The molecule has 0 fully saturated rings. The van der Waals surface area contributed by atoms with Gasteiger partial charge >= 0.3 is 0 Å². The number of para-hydroxylation sites is 1. The van der Waals surface area contributed by atoms with Crippen LogP contribution in [0.5, 0.6) is 0 Å². The van der Waals surface area contributed by atoms with Gasteiger partial charge in [-0.15, -0.1) is 11.1 Å². The van der Waals surface area contributed by atoms with Crippen molar-refractivity contribution in [2.24, 2.45) is 5.84 Å². The highest BCUT2D eigenvalue weighted by Gasteiger charge is 2.02. The van der Waals surface area contributed by atoms with Crippen LogP contribution in [0.25, 0.3) is 0 Å². The maximum absolute atomic E-state index is 10.9. The lowest BCUT2D eigenvalue weighted by Crippen LogP contribution is -3.56. The number of nitrogens with one attached hydrogen (secondary N) is 2. The Balaban J connectivity index is 2.77. The number of quaternary nitrogens is 2. The van der Waals surface area contributed by atoms with E-state index in [0.29, 0.717) is 5.69 Å². The summed E-state index contributed by atoms with van der Waals surface area (Å²) >= 11 is 0. The fourth-order valence-corrected chi connectivity index (χ4v) is 0.732. The first-order chi connectivity index (χ1) is 5.22. The van der Waals surface area contributed by atoms with E-state index in [0.717, 1.165) is 0 Å². The molecule has 60 valence electrons. The molecule has 1 aromatic carbocycles. The molecule has 2 unspecified atom stereocenters. The minimum Gasteiger partial charge on any atom is -0.577 e. The van der Waals surface area contributed by atoms with Gasteiger partial charge in [-0.2, -0.15) is 5.17 Å². The van der Waals surface area contributed by atoms with E-state index in [2.05, 4.69) is 0 Å². The van der Waals surface area contributed by atoms with Gasteiger partial charge in [0.2, 0.25) is 0 Å². The first kappa shape index (κ1) is 8.12. The molecular weight excluding hydrogens is 146 g/mol. The summed E-state index contributed by atoms with van der Waals surface area (Å²) in [5.74, 6) is 4.78. The molecule has 0 aliphatic carbocycles. The molecular formula is C6H9N3O2. The first-order valence-electron chi connectivity index (χ1n) is 3.11. The largest absolute Gasteiger partial charge is 0.577 e. The molecule has 0 spiro atoms. The maximum Gasteiger partial charge on any atom is 0.181 e. The molecule has 1 aromatic rings. The molecule has 5 heteroatoms. The van der Waals surface area contributed by atoms with E-state index in [1.165, 1.54) is 0 Å². The Morgan fingerprint density at radius 1 is 1.09 bits per heavy atom. The van der Waals surface area contributed by atoms with Crippen molar-refractivity contribution in [3.63, 3.8) is 0 Å². The summed E-state index contributed by atoms with van der Waals surface area (Å²) in [5.41, 5.74) is 0.333. The van der Waals surface area contributed by atoms with Crippen LogP contribution in [-0.2, 0) is 0 Å². The highest BCUT2D eigenvalue weighted by atomic mass is 16.7. The normalized spacial score (nSPS) is 15.9. The molecule has 4 N–H and O–H groups in total. The van der Waals surface area contributed by atoms with Gasteiger partial charge in [0.15, 0.2) is 5.69 Å². The van der Waals surface area contributed by atoms with Crippen LogP contribution in [0.3, 0.4) is 0 Å². The van der Waals surface area contributed by atoms with Gasteiger partial charge < -0.3 is 10.4 Å². The van der Waals surface area contributed by atoms with E-state index < -0.39 is 10.5 Å². The molecule has 0 amide bonds. The standard InChI is InChI=1S/C6H9N3O2/c7-9(11)8(10)6-4-2-1-3-5-6/h1-5,8-9H,7H2. The van der Waals surface area contributed by atoms with Gasteiger partial charge in [-0.1, -0.05) is 18.2 Å². The minimum absolute atomic E-state index is 0.333. The van der Waals surface area contributed by atoms with Crippen LogP contribution >= 0.6 is 0 Å². The lowest BCUT2D eigenvalue weighted by Gasteiger charge is -2.27. The van der Waals surface area contributed by atoms with Crippen LogP contribution in [0.2, 0.25) is 0 Å². The third-order valence-corrected chi connectivity index (χ3v) is 1.26. The van der Waals surface area contributed by atoms with E-state index in [-0.39, 0.29) is 0 Å². The molecule has 0 aliphatic heterocycles. The highest BCUT2D eigenvalue weighted by Crippen LogP contribution is 1.95. The van der Waals surface area contributed by atoms with Gasteiger partial charge in [0.25, 0.3) is 0 Å². The molecule has 1 rings (SSSR count). The van der Waals surface area contributed by atoms with Crippen molar-refractivity contribution >= 4 is 5.69 Å². The third kappa shape index (κ3) is 1.97. The molecule has 5 nitrogen and oxygen atoms in total. The summed E-state index contributed by atoms with van der Waals surface area (Å²) in [4.78, 5) is 0. The summed E-state index contributed by atoms with van der Waals surface area (Å²) in [6.07, 6.45) is 0. The first-order valence-corrected chi connectivity index (χ1v) is 3.11. The van der Waals surface area contributed by atoms with Gasteiger partial charge in [-0.25, -0.2) is 0 Å². The topological polar surface area (TPSA) is 81.0 Å². The molecule has 0 heterocycles. The Morgan fingerprint density at radius 2 is 1.64 bits per heavy atom. The summed E-state index contributed by atoms with van der Waals surface area (Å²) in [6, 6.07) is 8.21. The zero-order valence-corrected chi connectivity index (χ0v) is 5.78. The van der Waals surface area contributed by atoms with Crippen LogP contribution in [-0.4, -0.2) is 0 Å². The molecule has 11 heavy (non-hydrogen) atoms. The molecule has 0 bridgehead atoms. The van der Waals surface area contributed by atoms with Gasteiger partial charge in [0, 0.05) is 12.1 Å². The average Bonchev–Trinajstić information content (AvgIpc) is 2.05. The Bertz CT molecular complexity index is 214. The third-order valence-electron chi connectivity index (χ3n) is 1.26. The van der Waals surface area contributed by atoms with E-state index in [1.807, 2.05) is 0 Å². The molecule has 0 aromatic heterocycles. The van der Waals surface area contributed by atoms with Gasteiger partial charge in [0.05, 0.1) is 0 Å². The van der Waals surface area contributed by atoms with Crippen molar-refractivity contribution in [2.45, 2.75) is 0 Å². The average molecular weight is 155 g/mol. The number of benzene rings is 1. The second-order valence-corrected chi connectivity index (χ2v) is 2.06. The van der Waals surface area contributed by atoms with Gasteiger partial charge in [-0.3, -0.25) is 0 Å². The Kier molecular flexibility index (Phi) is 2.53. The molecule has 2 atom stereocenters. The number of rotatable bonds is 2. The summed E-state index contributed by atoms with van der Waals surface area (Å²) in [6.45, 7) is 0. The van der Waals surface area contributed by atoms with Crippen LogP contribution in [0.1, 0.15) is 0 Å². The minimum atomic E-state index is -0.920. The van der Waals surface area contributed by atoms with E-state index in [4.69, 9.17) is 5.84 Å². The SMILES string of the molecule is N[NH+]([O-])[NH+]([O-])c1ccccc1. The molecule has 0 saturated heterocycles. The van der Waals surface area contributed by atoms with E-state index in [9.17, 15) is 10.4 Å². The predicted molar refractivity (Wildman–Crippen MR) is 38.9 cm³/mol. The van der Waals surface area contributed by atoms with Gasteiger partial charge in [0.1, 0.15) is 0 Å². The van der Waals surface area contributed by atoms with Crippen molar-refractivity contribution in [3.05, 3.63) is 40.7 Å². The predicted octanol–water partition coefficient (Wildman–Crippen LogP) is -2.13. The molecule has 0 aliphatic rings. The Labute approximate surface area is 63.7 Å². The van der Waals surface area contributed by atoms with Crippen molar-refractivity contribution in [1.82, 2.24) is 0 Å². The lowest BCUT2D eigenvalue weighted by molar-refractivity contribution is -1.44. The van der Waals surface area contributed by atoms with Crippen LogP contribution < -0.4 is 16.3 Å². The molecule has 0 saturated carbocycles. The van der Waals surface area contributed by atoms with Crippen molar-refractivity contribution < 1.29 is 10.5 Å². The van der Waals surface area contributed by atoms with Crippen molar-refractivity contribution in [3.8, 4) is 0 Å². The number of hydrogen-bond acceptors (Lipinski definition) is 3. The summed E-state index contributed by atoms with van der Waals surface area (Å²) in [5, 5.41) is 19.7. The monoisotopic (exact) mass is 155 g/mol. The molecule has 0 radical (unpaired) electrons. The Hall–Kier alpha value is -0.980. The second kappa shape index (κ2) is 3.42. The summed E-state index contributed by atoms with van der Waals surface area (Å²) in [7, 11) is 0. The van der Waals surface area contributed by atoms with Crippen molar-refractivity contribution in [1.29, 1.82) is 0 Å². The second-order valence-electron chi connectivity index (χ2n) is 2.06. The summed E-state index contributed by atoms with van der Waals surface area (Å²) < 4.78 is 0. The van der Waals surface area contributed by atoms with E-state index >= 15 is 0 Å². The van der Waals surface area contributed by atoms with Gasteiger partial charge in [-0.05, 0) is 0 Å². The van der Waals surface area contributed by atoms with E-state index in [1.54, 1.807) is 30.3 Å². The van der Waals surface area contributed by atoms with Crippen LogP contribution in [0, 0.1) is 10.4 Å². The maximum atomic E-state index is 10.9. The quantitative estimate of drug-likeness (QED) is 0.337. The zero-order valence-electron chi connectivity index (χ0n) is 5.78. The zero-order chi connectivity index (χ0) is 8.27. The highest BCUT2D eigenvalue weighted by molar-refractivity contribution is 5.27. The lowest BCUT2D eigenvalue weighted by atomic mass is 10.3. The Morgan fingerprint density at radius 3 is 2.09 bits per heavy atom.